The van der Waals surface area contributed by atoms with Gasteiger partial charge in [0.15, 0.2) is 11.5 Å². The third-order valence-corrected chi connectivity index (χ3v) is 9.50. The zero-order chi connectivity index (χ0) is 33.3. The number of halogens is 3. The van der Waals surface area contributed by atoms with Crippen LogP contribution < -0.4 is 23.8 Å². The summed E-state index contributed by atoms with van der Waals surface area (Å²) < 4.78 is 45.7. The molecule has 0 fully saturated rings. The van der Waals surface area contributed by atoms with Gasteiger partial charge in [-0.15, -0.1) is 0 Å². The summed E-state index contributed by atoms with van der Waals surface area (Å²) in [5.41, 5.74) is 0.534. The number of sulfonamides is 1. The number of carbonyl (C=O) groups is 2. The Morgan fingerprint density at radius 1 is 0.844 bits per heavy atom. The van der Waals surface area contributed by atoms with Crippen LogP contribution in [-0.4, -0.2) is 65.6 Å². The lowest BCUT2D eigenvalue weighted by molar-refractivity contribution is -0.140. The summed E-state index contributed by atoms with van der Waals surface area (Å²) in [6.07, 6.45) is 0.931. The minimum Gasteiger partial charge on any atom is -0.495 e. The molecule has 45 heavy (non-hydrogen) atoms. The van der Waals surface area contributed by atoms with Crippen molar-refractivity contribution in [1.82, 2.24) is 10.2 Å². The highest BCUT2D eigenvalue weighted by atomic mass is 35.5. The zero-order valence-corrected chi connectivity index (χ0v) is 28.7. The molecule has 0 heterocycles. The Labute approximate surface area is 279 Å². The molecule has 244 valence electrons. The molecule has 0 saturated heterocycles. The fraction of sp³-hybridized carbons (Fsp3) is 0.355. The number of benzene rings is 3. The second kappa shape index (κ2) is 16.3. The van der Waals surface area contributed by atoms with Crippen molar-refractivity contribution in [2.45, 2.75) is 44.2 Å². The lowest BCUT2D eigenvalue weighted by Gasteiger charge is -2.33. The van der Waals surface area contributed by atoms with Gasteiger partial charge in [0.2, 0.25) is 11.8 Å². The SMILES string of the molecule is CCCNC(=O)[C@@H](CC)N(Cc1ccc(Cl)cc1Cl)C(=O)CN(c1cc(Cl)ccc1OC)S(=O)(=O)c1ccc(OC)c(OC)c1. The van der Waals surface area contributed by atoms with E-state index in [1.165, 1.54) is 68.7 Å². The fourth-order valence-electron chi connectivity index (χ4n) is 4.59. The van der Waals surface area contributed by atoms with Gasteiger partial charge in [-0.3, -0.25) is 13.9 Å². The van der Waals surface area contributed by atoms with Crippen LogP contribution in [0.25, 0.3) is 0 Å². The van der Waals surface area contributed by atoms with Gasteiger partial charge in [-0.1, -0.05) is 54.7 Å². The Bertz CT molecular complexity index is 1620. The topological polar surface area (TPSA) is 114 Å². The van der Waals surface area contributed by atoms with Gasteiger partial charge in [0.25, 0.3) is 10.0 Å². The van der Waals surface area contributed by atoms with Crippen molar-refractivity contribution in [1.29, 1.82) is 0 Å². The Balaban J connectivity index is 2.19. The van der Waals surface area contributed by atoms with Gasteiger partial charge >= 0.3 is 0 Å². The Morgan fingerprint density at radius 2 is 1.47 bits per heavy atom. The lowest BCUT2D eigenvalue weighted by Crippen LogP contribution is -2.52. The molecule has 0 aromatic heterocycles. The molecule has 1 N–H and O–H groups in total. The summed E-state index contributed by atoms with van der Waals surface area (Å²) >= 11 is 18.9. The minimum absolute atomic E-state index is 0.0149. The maximum atomic E-state index is 14.3. The number of ether oxygens (including phenoxy) is 3. The predicted molar refractivity (Wildman–Crippen MR) is 176 cm³/mol. The normalized spacial score (nSPS) is 11.8. The summed E-state index contributed by atoms with van der Waals surface area (Å²) in [5.74, 6) is -0.427. The number of rotatable bonds is 15. The minimum atomic E-state index is -4.48. The Kier molecular flexibility index (Phi) is 13.0. The fourth-order valence-corrected chi connectivity index (χ4v) is 6.66. The average Bonchev–Trinajstić information content (AvgIpc) is 3.02. The van der Waals surface area contributed by atoms with Crippen LogP contribution in [0, 0.1) is 0 Å². The van der Waals surface area contributed by atoms with Gasteiger partial charge in [-0.25, -0.2) is 8.42 Å². The first-order valence-electron chi connectivity index (χ1n) is 14.0. The van der Waals surface area contributed by atoms with E-state index in [2.05, 4.69) is 5.32 Å². The van der Waals surface area contributed by atoms with Crippen LogP contribution in [0.1, 0.15) is 32.3 Å². The lowest BCUT2D eigenvalue weighted by atomic mass is 10.1. The molecule has 0 spiro atoms. The van der Waals surface area contributed by atoms with Crippen molar-refractivity contribution in [3.63, 3.8) is 0 Å². The molecule has 10 nitrogen and oxygen atoms in total. The molecular weight excluding hydrogens is 665 g/mol. The Hall–Kier alpha value is -3.38. The Morgan fingerprint density at radius 3 is 2.07 bits per heavy atom. The van der Waals surface area contributed by atoms with E-state index < -0.39 is 28.5 Å². The highest BCUT2D eigenvalue weighted by Gasteiger charge is 2.35. The molecule has 1 atom stereocenters. The van der Waals surface area contributed by atoms with Crippen molar-refractivity contribution >= 4 is 62.3 Å². The zero-order valence-electron chi connectivity index (χ0n) is 25.6. The van der Waals surface area contributed by atoms with Crippen LogP contribution in [0.2, 0.25) is 15.1 Å². The molecule has 3 aromatic rings. The molecule has 0 aliphatic rings. The van der Waals surface area contributed by atoms with Gasteiger partial charge < -0.3 is 24.4 Å². The molecule has 0 aliphatic carbocycles. The predicted octanol–water partition coefficient (Wildman–Crippen LogP) is 6.20. The number of nitrogens with zero attached hydrogens (tertiary/aromatic N) is 2. The first kappa shape index (κ1) is 36.1. The number of hydrogen-bond donors (Lipinski definition) is 1. The van der Waals surface area contributed by atoms with E-state index in [4.69, 9.17) is 49.0 Å². The number of hydrogen-bond acceptors (Lipinski definition) is 7. The van der Waals surface area contributed by atoms with Crippen molar-refractivity contribution in [3.05, 3.63) is 75.2 Å². The van der Waals surface area contributed by atoms with Crippen molar-refractivity contribution in [3.8, 4) is 17.2 Å². The molecule has 0 aliphatic heterocycles. The van der Waals surface area contributed by atoms with Crippen molar-refractivity contribution in [2.24, 2.45) is 0 Å². The molecule has 0 bridgehead atoms. The second-order valence-electron chi connectivity index (χ2n) is 9.82. The van der Waals surface area contributed by atoms with E-state index in [9.17, 15) is 18.0 Å². The van der Waals surface area contributed by atoms with Crippen LogP contribution in [-0.2, 0) is 26.2 Å². The first-order chi connectivity index (χ1) is 21.4. The monoisotopic (exact) mass is 699 g/mol. The molecule has 2 amide bonds. The average molecular weight is 701 g/mol. The maximum Gasteiger partial charge on any atom is 0.265 e. The molecular formula is C31H36Cl3N3O7S. The van der Waals surface area contributed by atoms with E-state index in [0.717, 1.165) is 4.31 Å². The summed E-state index contributed by atoms with van der Waals surface area (Å²) in [5, 5.41) is 3.73. The summed E-state index contributed by atoms with van der Waals surface area (Å²) in [7, 11) is -0.299. The standard InChI is InChI=1S/C31H36Cl3N3O7S/c1-6-14-35-31(39)25(7-2)36(18-20-8-9-21(32)15-24(20)34)30(38)19-37(26-16-22(33)10-12-27(26)42-3)45(40,41)23-11-13-28(43-4)29(17-23)44-5/h8-13,15-17,25H,6-7,14,18-19H2,1-5H3,(H,35,39)/t25-/m1/s1. The van der Waals surface area contributed by atoms with E-state index >= 15 is 0 Å². The quantitative estimate of drug-likeness (QED) is 0.201. The third kappa shape index (κ3) is 8.66. The first-order valence-corrected chi connectivity index (χ1v) is 16.6. The van der Waals surface area contributed by atoms with Gasteiger partial charge in [0.05, 0.1) is 31.9 Å². The molecule has 3 aromatic carbocycles. The second-order valence-corrected chi connectivity index (χ2v) is 13.0. The van der Waals surface area contributed by atoms with Crippen LogP contribution in [0.15, 0.2) is 59.5 Å². The van der Waals surface area contributed by atoms with Crippen LogP contribution in [0.5, 0.6) is 17.2 Å². The van der Waals surface area contributed by atoms with Gasteiger partial charge in [-0.2, -0.15) is 0 Å². The molecule has 3 rings (SSSR count). The number of carbonyl (C=O) groups excluding carboxylic acids is 2. The van der Waals surface area contributed by atoms with Gasteiger partial charge in [0.1, 0.15) is 18.3 Å². The van der Waals surface area contributed by atoms with E-state index in [-0.39, 0.29) is 51.0 Å². The van der Waals surface area contributed by atoms with Crippen LogP contribution >= 0.6 is 34.8 Å². The van der Waals surface area contributed by atoms with E-state index in [1.807, 2.05) is 6.92 Å². The highest BCUT2D eigenvalue weighted by molar-refractivity contribution is 7.92. The maximum absolute atomic E-state index is 14.3. The molecule has 0 saturated carbocycles. The largest absolute Gasteiger partial charge is 0.495 e. The summed E-state index contributed by atoms with van der Waals surface area (Å²) in [4.78, 5) is 28.8. The van der Waals surface area contributed by atoms with E-state index in [0.29, 0.717) is 29.3 Å². The van der Waals surface area contributed by atoms with Crippen LogP contribution in [0.3, 0.4) is 0 Å². The summed E-state index contributed by atoms with van der Waals surface area (Å²) in [6, 6.07) is 12.4. The smallest absolute Gasteiger partial charge is 0.265 e. The summed E-state index contributed by atoms with van der Waals surface area (Å²) in [6.45, 7) is 3.27. The molecule has 0 radical (unpaired) electrons. The number of methoxy groups -OCH3 is 3. The third-order valence-electron chi connectivity index (χ3n) is 6.92. The molecule has 0 unspecified atom stereocenters. The van der Waals surface area contributed by atoms with Gasteiger partial charge in [0, 0.05) is 34.2 Å². The van der Waals surface area contributed by atoms with E-state index in [1.54, 1.807) is 19.1 Å². The number of amides is 2. The van der Waals surface area contributed by atoms with Gasteiger partial charge in [-0.05, 0) is 60.9 Å². The van der Waals surface area contributed by atoms with Crippen molar-refractivity contribution in [2.75, 3.05) is 38.7 Å². The number of anilines is 1. The van der Waals surface area contributed by atoms with Crippen LogP contribution in [0.4, 0.5) is 5.69 Å². The molecule has 14 heteroatoms. The number of nitrogens with one attached hydrogen (secondary N) is 1. The van der Waals surface area contributed by atoms with Crippen molar-refractivity contribution < 1.29 is 32.2 Å². The highest BCUT2D eigenvalue weighted by Crippen LogP contribution is 2.37.